The number of rotatable bonds is 5. The minimum atomic E-state index is -0.0173. The number of carbonyl (C=O) groups is 1. The summed E-state index contributed by atoms with van der Waals surface area (Å²) in [6.45, 7) is 2.06. The third-order valence-corrected chi connectivity index (χ3v) is 4.84. The van der Waals surface area contributed by atoms with Gasteiger partial charge in [0.1, 0.15) is 0 Å². The number of nitrogens with two attached hydrogens (primary N) is 1. The first-order valence-electron chi connectivity index (χ1n) is 8.32. The molecule has 2 atom stereocenters. The van der Waals surface area contributed by atoms with E-state index < -0.39 is 0 Å². The van der Waals surface area contributed by atoms with Crippen LogP contribution >= 0.6 is 0 Å². The van der Waals surface area contributed by atoms with E-state index in [9.17, 15) is 4.79 Å². The fourth-order valence-electron chi connectivity index (χ4n) is 3.40. The summed E-state index contributed by atoms with van der Waals surface area (Å²) >= 11 is 0. The van der Waals surface area contributed by atoms with Gasteiger partial charge in [0.05, 0.1) is 5.92 Å². The molecule has 120 valence electrons. The van der Waals surface area contributed by atoms with E-state index in [1.54, 1.807) is 4.90 Å². The Morgan fingerprint density at radius 1 is 1.17 bits per heavy atom. The van der Waals surface area contributed by atoms with Gasteiger partial charge in [-0.15, -0.1) is 0 Å². The summed E-state index contributed by atoms with van der Waals surface area (Å²) in [6, 6.07) is 16.7. The van der Waals surface area contributed by atoms with Crippen molar-refractivity contribution >= 4 is 11.6 Å². The highest BCUT2D eigenvalue weighted by atomic mass is 16.2. The Kier molecular flexibility index (Phi) is 4.49. The SMILES string of the molecule is CCC1C(=O)N(C)c2ccc(C(N)CCc3ccccc3)cc21. The third kappa shape index (κ3) is 3.02. The van der Waals surface area contributed by atoms with E-state index in [4.69, 9.17) is 5.73 Å². The Hall–Kier alpha value is -2.13. The van der Waals surface area contributed by atoms with E-state index >= 15 is 0 Å². The molecule has 3 nitrogen and oxygen atoms in total. The molecular weight excluding hydrogens is 284 g/mol. The molecule has 2 N–H and O–H groups in total. The summed E-state index contributed by atoms with van der Waals surface area (Å²) in [6.07, 6.45) is 2.71. The predicted molar refractivity (Wildman–Crippen MR) is 94.6 cm³/mol. The lowest BCUT2D eigenvalue weighted by atomic mass is 9.93. The highest BCUT2D eigenvalue weighted by Gasteiger charge is 2.34. The molecule has 2 aromatic rings. The van der Waals surface area contributed by atoms with Crippen molar-refractivity contribution in [3.05, 3.63) is 65.2 Å². The Morgan fingerprint density at radius 2 is 1.91 bits per heavy atom. The average molecular weight is 308 g/mol. The van der Waals surface area contributed by atoms with Gasteiger partial charge >= 0.3 is 0 Å². The van der Waals surface area contributed by atoms with Crippen LogP contribution in [0.4, 0.5) is 5.69 Å². The molecule has 3 heteroatoms. The van der Waals surface area contributed by atoms with Gasteiger partial charge in [0.2, 0.25) is 5.91 Å². The molecule has 0 radical (unpaired) electrons. The van der Waals surface area contributed by atoms with E-state index in [0.717, 1.165) is 36.1 Å². The van der Waals surface area contributed by atoms with Gasteiger partial charge in [-0.05, 0) is 42.0 Å². The minimum Gasteiger partial charge on any atom is -0.324 e. The van der Waals surface area contributed by atoms with Crippen LogP contribution in [0.3, 0.4) is 0 Å². The average Bonchev–Trinajstić information content (AvgIpc) is 2.83. The van der Waals surface area contributed by atoms with Crippen LogP contribution in [0.5, 0.6) is 0 Å². The van der Waals surface area contributed by atoms with E-state index in [1.807, 2.05) is 19.2 Å². The summed E-state index contributed by atoms with van der Waals surface area (Å²) in [4.78, 5) is 14.0. The first-order chi connectivity index (χ1) is 11.1. The molecule has 0 fully saturated rings. The summed E-state index contributed by atoms with van der Waals surface area (Å²) in [5, 5.41) is 0. The lowest BCUT2D eigenvalue weighted by Crippen LogP contribution is -2.23. The van der Waals surface area contributed by atoms with Gasteiger partial charge in [0, 0.05) is 18.8 Å². The molecular formula is C20H24N2O. The zero-order chi connectivity index (χ0) is 16.4. The number of carbonyl (C=O) groups excluding carboxylic acids is 1. The minimum absolute atomic E-state index is 0.000907. The molecule has 0 saturated carbocycles. The Labute approximate surface area is 138 Å². The zero-order valence-corrected chi connectivity index (χ0v) is 13.8. The standard InChI is InChI=1S/C20H24N2O/c1-3-16-17-13-15(10-12-19(17)22(2)20(16)23)18(21)11-9-14-7-5-4-6-8-14/h4-8,10,12-13,16,18H,3,9,11,21H2,1-2H3. The normalized spacial score (nSPS) is 18.1. The molecule has 0 bridgehead atoms. The van der Waals surface area contributed by atoms with Crippen LogP contribution < -0.4 is 10.6 Å². The van der Waals surface area contributed by atoms with Gasteiger partial charge in [-0.1, -0.05) is 49.4 Å². The van der Waals surface area contributed by atoms with E-state index in [1.165, 1.54) is 5.56 Å². The molecule has 1 aliphatic heterocycles. The molecule has 1 amide bonds. The molecule has 1 heterocycles. The molecule has 3 rings (SSSR count). The third-order valence-electron chi connectivity index (χ3n) is 4.84. The lowest BCUT2D eigenvalue weighted by Gasteiger charge is -2.15. The van der Waals surface area contributed by atoms with Crippen LogP contribution in [0.1, 0.15) is 48.4 Å². The summed E-state index contributed by atoms with van der Waals surface area (Å²) in [5.74, 6) is 0.175. The maximum atomic E-state index is 12.3. The van der Waals surface area contributed by atoms with Gasteiger partial charge in [0.25, 0.3) is 0 Å². The van der Waals surface area contributed by atoms with Gasteiger partial charge in [-0.25, -0.2) is 0 Å². The monoisotopic (exact) mass is 308 g/mol. The second-order valence-electron chi connectivity index (χ2n) is 6.31. The summed E-state index contributed by atoms with van der Waals surface area (Å²) in [7, 11) is 1.85. The topological polar surface area (TPSA) is 46.3 Å². The second kappa shape index (κ2) is 6.55. The molecule has 2 unspecified atom stereocenters. The molecule has 23 heavy (non-hydrogen) atoms. The maximum Gasteiger partial charge on any atom is 0.234 e. The first kappa shape index (κ1) is 15.8. The highest BCUT2D eigenvalue weighted by molar-refractivity contribution is 6.04. The largest absolute Gasteiger partial charge is 0.324 e. The smallest absolute Gasteiger partial charge is 0.234 e. The molecule has 0 spiro atoms. The van der Waals surface area contributed by atoms with Crippen molar-refractivity contribution in [2.24, 2.45) is 5.73 Å². The molecule has 1 aliphatic rings. The van der Waals surface area contributed by atoms with Crippen LogP contribution in [0, 0.1) is 0 Å². The lowest BCUT2D eigenvalue weighted by molar-refractivity contribution is -0.119. The van der Waals surface area contributed by atoms with Crippen molar-refractivity contribution < 1.29 is 4.79 Å². The van der Waals surface area contributed by atoms with Crippen molar-refractivity contribution in [3.8, 4) is 0 Å². The highest BCUT2D eigenvalue weighted by Crippen LogP contribution is 2.39. The maximum absolute atomic E-state index is 12.3. The zero-order valence-electron chi connectivity index (χ0n) is 13.8. The number of hydrogen-bond acceptors (Lipinski definition) is 2. The van der Waals surface area contributed by atoms with E-state index in [2.05, 4.69) is 43.3 Å². The Bertz CT molecular complexity index is 696. The van der Waals surface area contributed by atoms with Crippen molar-refractivity contribution in [3.63, 3.8) is 0 Å². The number of nitrogens with zero attached hydrogens (tertiary/aromatic N) is 1. The van der Waals surface area contributed by atoms with Crippen molar-refractivity contribution in [2.45, 2.75) is 38.1 Å². The van der Waals surface area contributed by atoms with Gasteiger partial charge in [0.15, 0.2) is 0 Å². The summed E-state index contributed by atoms with van der Waals surface area (Å²) in [5.41, 5.74) is 11.0. The van der Waals surface area contributed by atoms with E-state index in [0.29, 0.717) is 0 Å². The fraction of sp³-hybridized carbons (Fsp3) is 0.350. The van der Waals surface area contributed by atoms with Crippen LogP contribution in [0.25, 0.3) is 0 Å². The number of aryl methyl sites for hydroxylation is 1. The van der Waals surface area contributed by atoms with E-state index in [-0.39, 0.29) is 17.9 Å². The van der Waals surface area contributed by atoms with Gasteiger partial charge < -0.3 is 10.6 Å². The molecule has 2 aromatic carbocycles. The van der Waals surface area contributed by atoms with Crippen LogP contribution in [-0.2, 0) is 11.2 Å². The molecule has 0 saturated heterocycles. The van der Waals surface area contributed by atoms with Gasteiger partial charge in [-0.3, -0.25) is 4.79 Å². The van der Waals surface area contributed by atoms with Crippen molar-refractivity contribution in [1.82, 2.24) is 0 Å². The van der Waals surface area contributed by atoms with Crippen LogP contribution in [-0.4, -0.2) is 13.0 Å². The number of benzene rings is 2. The Morgan fingerprint density at radius 3 is 2.61 bits per heavy atom. The summed E-state index contributed by atoms with van der Waals surface area (Å²) < 4.78 is 0. The number of hydrogen-bond donors (Lipinski definition) is 1. The quantitative estimate of drug-likeness (QED) is 0.913. The number of amides is 1. The van der Waals surface area contributed by atoms with Crippen LogP contribution in [0.2, 0.25) is 0 Å². The molecule has 0 aliphatic carbocycles. The number of likely N-dealkylation sites (N-methyl/N-ethyl adjacent to an activating group) is 1. The second-order valence-corrected chi connectivity index (χ2v) is 6.31. The first-order valence-corrected chi connectivity index (χ1v) is 8.32. The number of fused-ring (bicyclic) bond motifs is 1. The number of anilines is 1. The fourth-order valence-corrected chi connectivity index (χ4v) is 3.40. The molecule has 0 aromatic heterocycles. The van der Waals surface area contributed by atoms with Crippen molar-refractivity contribution in [1.29, 1.82) is 0 Å². The van der Waals surface area contributed by atoms with Crippen molar-refractivity contribution in [2.75, 3.05) is 11.9 Å². The van der Waals surface area contributed by atoms with Crippen LogP contribution in [0.15, 0.2) is 48.5 Å². The van der Waals surface area contributed by atoms with Gasteiger partial charge in [-0.2, -0.15) is 0 Å². The Balaban J connectivity index is 1.76. The predicted octanol–water partition coefficient (Wildman–Crippen LogP) is 3.79.